The number of aromatic nitrogens is 3. The number of aromatic hydroxyl groups is 1. The maximum absolute atomic E-state index is 13.0. The van der Waals surface area contributed by atoms with E-state index in [0.29, 0.717) is 28.2 Å². The van der Waals surface area contributed by atoms with Gasteiger partial charge in [-0.05, 0) is 31.2 Å². The van der Waals surface area contributed by atoms with Crippen LogP contribution in [0.1, 0.15) is 39.6 Å². The highest BCUT2D eigenvalue weighted by molar-refractivity contribution is 5.99. The zero-order chi connectivity index (χ0) is 22.5. The van der Waals surface area contributed by atoms with Gasteiger partial charge in [0.25, 0.3) is 5.91 Å². The van der Waals surface area contributed by atoms with Gasteiger partial charge in [-0.1, -0.05) is 48.0 Å². The molecule has 4 N–H and O–H groups in total. The largest absolute Gasteiger partial charge is 0.508 e. The van der Waals surface area contributed by atoms with E-state index in [4.69, 9.17) is 5.41 Å². The number of pyridine rings is 1. The minimum Gasteiger partial charge on any atom is -0.508 e. The van der Waals surface area contributed by atoms with Gasteiger partial charge in [0.1, 0.15) is 11.4 Å². The summed E-state index contributed by atoms with van der Waals surface area (Å²) in [6, 6.07) is 19.3. The fourth-order valence-corrected chi connectivity index (χ4v) is 3.51. The van der Waals surface area contributed by atoms with Gasteiger partial charge in [0.15, 0.2) is 0 Å². The Hall–Kier alpha value is -4.26. The van der Waals surface area contributed by atoms with E-state index in [9.17, 15) is 9.90 Å². The predicted octanol–water partition coefficient (Wildman–Crippen LogP) is 4.41. The van der Waals surface area contributed by atoms with Gasteiger partial charge in [0, 0.05) is 41.2 Å². The van der Waals surface area contributed by atoms with Crippen molar-refractivity contribution in [1.82, 2.24) is 20.5 Å². The topological polar surface area (TPSA) is 115 Å². The van der Waals surface area contributed by atoms with Crippen molar-refractivity contribution in [2.24, 2.45) is 0 Å². The molecule has 4 rings (SSSR count). The number of carbonyl (C=O) groups excluding carboxylic acids is 1. The molecule has 160 valence electrons. The van der Waals surface area contributed by atoms with Crippen LogP contribution in [0.4, 0.5) is 0 Å². The van der Waals surface area contributed by atoms with Crippen molar-refractivity contribution in [2.45, 2.75) is 19.4 Å². The summed E-state index contributed by atoms with van der Waals surface area (Å²) < 4.78 is 0. The maximum atomic E-state index is 13.0. The molecule has 0 aliphatic heterocycles. The number of H-pyrrole nitrogens is 1. The average molecular weight is 425 g/mol. The number of benzene rings is 2. The van der Waals surface area contributed by atoms with Gasteiger partial charge in [-0.3, -0.25) is 14.9 Å². The summed E-state index contributed by atoms with van der Waals surface area (Å²) in [7, 11) is 0. The Kier molecular flexibility index (Phi) is 6.07. The molecule has 0 aliphatic carbocycles. The van der Waals surface area contributed by atoms with Gasteiger partial charge in [-0.25, -0.2) is 0 Å². The lowest BCUT2D eigenvalue weighted by molar-refractivity contribution is 0.0932. The predicted molar refractivity (Wildman–Crippen MR) is 123 cm³/mol. The number of carbonyl (C=O) groups is 1. The Morgan fingerprint density at radius 2 is 1.97 bits per heavy atom. The highest BCUT2D eigenvalue weighted by atomic mass is 16.3. The molecule has 2 heterocycles. The molecule has 0 bridgehead atoms. The van der Waals surface area contributed by atoms with Gasteiger partial charge in [0.2, 0.25) is 0 Å². The fraction of sp³-hybridized carbons (Fsp3) is 0.120. The number of hydrogen-bond donors (Lipinski definition) is 4. The molecule has 32 heavy (non-hydrogen) atoms. The monoisotopic (exact) mass is 425 g/mol. The van der Waals surface area contributed by atoms with E-state index in [-0.39, 0.29) is 18.1 Å². The minimum absolute atomic E-state index is 0.0573. The van der Waals surface area contributed by atoms with Gasteiger partial charge >= 0.3 is 0 Å². The van der Waals surface area contributed by atoms with Crippen molar-refractivity contribution in [3.63, 3.8) is 0 Å². The summed E-state index contributed by atoms with van der Waals surface area (Å²) >= 11 is 0. The van der Waals surface area contributed by atoms with Gasteiger partial charge in [0.05, 0.1) is 11.7 Å². The van der Waals surface area contributed by atoms with Crippen LogP contribution >= 0.6 is 0 Å². The molecule has 2 aromatic carbocycles. The number of hydrogen-bond acceptors (Lipinski definition) is 5. The minimum atomic E-state index is -0.609. The number of aromatic amines is 1. The normalized spacial score (nSPS) is 11.7. The molecule has 7 heteroatoms. The summed E-state index contributed by atoms with van der Waals surface area (Å²) in [5, 5.41) is 28.8. The van der Waals surface area contributed by atoms with Crippen molar-refractivity contribution in [2.75, 3.05) is 0 Å². The Morgan fingerprint density at radius 3 is 2.72 bits per heavy atom. The number of phenolic OH excluding ortho intramolecular Hbond substituents is 1. The second-order valence-electron chi connectivity index (χ2n) is 7.55. The van der Waals surface area contributed by atoms with Gasteiger partial charge in [-0.2, -0.15) is 5.10 Å². The summed E-state index contributed by atoms with van der Waals surface area (Å²) in [6.07, 6.45) is 3.44. The fourth-order valence-electron chi connectivity index (χ4n) is 3.51. The van der Waals surface area contributed by atoms with Crippen LogP contribution in [0.5, 0.6) is 5.75 Å². The van der Waals surface area contributed by atoms with Crippen molar-refractivity contribution in [3.8, 4) is 17.0 Å². The number of rotatable bonds is 7. The maximum Gasteiger partial charge on any atom is 0.269 e. The van der Waals surface area contributed by atoms with Gasteiger partial charge < -0.3 is 15.8 Å². The number of para-hydroxylation sites is 1. The van der Waals surface area contributed by atoms with E-state index in [1.807, 2.05) is 31.2 Å². The van der Waals surface area contributed by atoms with Crippen LogP contribution in [0, 0.1) is 12.3 Å². The lowest BCUT2D eigenvalue weighted by Gasteiger charge is -2.20. The summed E-state index contributed by atoms with van der Waals surface area (Å²) in [6.45, 7) is 2.00. The van der Waals surface area contributed by atoms with Crippen LogP contribution < -0.4 is 5.32 Å². The first-order valence-electron chi connectivity index (χ1n) is 10.2. The highest BCUT2D eigenvalue weighted by Gasteiger charge is 2.22. The Bertz CT molecular complexity index is 1250. The Labute approximate surface area is 185 Å². The van der Waals surface area contributed by atoms with Crippen LogP contribution in [0.15, 0.2) is 79.1 Å². The van der Waals surface area contributed by atoms with E-state index in [1.165, 1.54) is 0 Å². The first-order chi connectivity index (χ1) is 15.5. The number of nitrogens with one attached hydrogen (secondary N) is 3. The number of amides is 1. The van der Waals surface area contributed by atoms with Crippen LogP contribution in [-0.2, 0) is 0 Å². The third-order valence-electron chi connectivity index (χ3n) is 5.17. The number of phenols is 1. The zero-order valence-electron chi connectivity index (χ0n) is 17.5. The standard InChI is InChI=1S/C25H23N5O2/c1-16-6-4-7-17(12-16)21-14-23(30-29-21)25(32)28-22(19-9-2-3-10-24(19)31)13-20(26)18-8-5-11-27-15-18/h2-12,14-15,22,26,31H,13H2,1H3,(H,28,32)(H,29,30). The SMILES string of the molecule is Cc1cccc(-c2cc(C(=O)NC(CC(=N)c3cccnc3)c3ccccc3O)[nH]n2)c1. The van der Waals surface area contributed by atoms with Crippen molar-refractivity contribution in [1.29, 1.82) is 5.41 Å². The molecular weight excluding hydrogens is 402 g/mol. The molecular formula is C25H23N5O2. The second kappa shape index (κ2) is 9.26. The molecule has 0 saturated carbocycles. The smallest absolute Gasteiger partial charge is 0.269 e. The van der Waals surface area contributed by atoms with Crippen molar-refractivity contribution >= 4 is 11.6 Å². The molecule has 1 atom stereocenters. The summed E-state index contributed by atoms with van der Waals surface area (Å²) in [4.78, 5) is 17.1. The van der Waals surface area contributed by atoms with Crippen LogP contribution in [0.2, 0.25) is 0 Å². The number of aryl methyl sites for hydroxylation is 1. The van der Waals surface area contributed by atoms with E-state index >= 15 is 0 Å². The quantitative estimate of drug-likeness (QED) is 0.328. The van der Waals surface area contributed by atoms with E-state index in [0.717, 1.165) is 11.1 Å². The zero-order valence-corrected chi connectivity index (χ0v) is 17.5. The molecule has 0 aliphatic rings. The molecule has 0 fully saturated rings. The first kappa shape index (κ1) is 21.0. The van der Waals surface area contributed by atoms with Crippen LogP contribution in [0.3, 0.4) is 0 Å². The Morgan fingerprint density at radius 1 is 1.12 bits per heavy atom. The molecule has 4 aromatic rings. The molecule has 0 saturated heterocycles. The van der Waals surface area contributed by atoms with Crippen LogP contribution in [0.25, 0.3) is 11.3 Å². The summed E-state index contributed by atoms with van der Waals surface area (Å²) in [5.74, 6) is -0.314. The lowest BCUT2D eigenvalue weighted by Crippen LogP contribution is -2.30. The molecule has 1 amide bonds. The van der Waals surface area contributed by atoms with E-state index in [2.05, 4.69) is 20.5 Å². The third kappa shape index (κ3) is 4.73. The van der Waals surface area contributed by atoms with Crippen molar-refractivity contribution in [3.05, 3.63) is 102 Å². The first-order valence-corrected chi connectivity index (χ1v) is 10.2. The summed E-state index contributed by atoms with van der Waals surface area (Å²) in [5.41, 5.74) is 4.48. The average Bonchev–Trinajstić information content (AvgIpc) is 3.30. The molecule has 0 radical (unpaired) electrons. The molecule has 2 aromatic heterocycles. The third-order valence-corrected chi connectivity index (χ3v) is 5.17. The highest BCUT2D eigenvalue weighted by Crippen LogP contribution is 2.28. The van der Waals surface area contributed by atoms with Gasteiger partial charge in [-0.15, -0.1) is 0 Å². The Balaban J connectivity index is 1.58. The molecule has 1 unspecified atom stereocenters. The second-order valence-corrected chi connectivity index (χ2v) is 7.55. The lowest BCUT2D eigenvalue weighted by atomic mass is 9.97. The van der Waals surface area contributed by atoms with E-state index in [1.54, 1.807) is 54.9 Å². The van der Waals surface area contributed by atoms with Crippen LogP contribution in [-0.4, -0.2) is 31.9 Å². The molecule has 0 spiro atoms. The van der Waals surface area contributed by atoms with Crippen molar-refractivity contribution < 1.29 is 9.90 Å². The van der Waals surface area contributed by atoms with E-state index < -0.39 is 6.04 Å². The molecule has 7 nitrogen and oxygen atoms in total. The number of nitrogens with zero attached hydrogens (tertiary/aromatic N) is 2.